The maximum atomic E-state index is 12.7. The van der Waals surface area contributed by atoms with Gasteiger partial charge >= 0.3 is 0 Å². The first kappa shape index (κ1) is 22.9. The Balaban J connectivity index is 1.54. The number of carbonyl (C=O) groups is 3. The molecule has 2 saturated carbocycles. The minimum atomic E-state index is -0.499. The smallest absolute Gasteiger partial charge is 0.260 e. The van der Waals surface area contributed by atoms with Crippen LogP contribution in [0, 0.1) is 35.0 Å². The van der Waals surface area contributed by atoms with E-state index >= 15 is 0 Å². The van der Waals surface area contributed by atoms with E-state index < -0.39 is 5.91 Å². The number of likely N-dealkylation sites (tertiary alicyclic amines) is 1. The van der Waals surface area contributed by atoms with Crippen molar-refractivity contribution in [1.29, 1.82) is 0 Å². The van der Waals surface area contributed by atoms with Gasteiger partial charge in [-0.3, -0.25) is 14.4 Å². The predicted octanol–water partition coefficient (Wildman–Crippen LogP) is 5.77. The second kappa shape index (κ2) is 8.96. The largest absolute Gasteiger partial charge is 0.274 e. The van der Waals surface area contributed by atoms with Crippen LogP contribution in [-0.4, -0.2) is 22.6 Å². The lowest BCUT2D eigenvalue weighted by atomic mass is 9.53. The van der Waals surface area contributed by atoms with Crippen molar-refractivity contribution in [2.45, 2.75) is 72.6 Å². The Kier molecular flexibility index (Phi) is 6.42. The lowest BCUT2D eigenvalue weighted by Gasteiger charge is -2.51. The Morgan fingerprint density at radius 1 is 1.03 bits per heavy atom. The molecule has 0 N–H and O–H groups in total. The zero-order valence-electron chi connectivity index (χ0n) is 20.0. The summed E-state index contributed by atoms with van der Waals surface area (Å²) in [6.07, 6.45) is 19.5. The highest BCUT2D eigenvalue weighted by atomic mass is 16.2. The van der Waals surface area contributed by atoms with E-state index in [0.717, 1.165) is 24.2 Å². The molecule has 3 aliphatic carbocycles. The molecule has 0 spiro atoms. The van der Waals surface area contributed by atoms with Crippen molar-refractivity contribution in [1.82, 2.24) is 4.90 Å². The summed E-state index contributed by atoms with van der Waals surface area (Å²) < 4.78 is 0. The van der Waals surface area contributed by atoms with Gasteiger partial charge in [-0.15, -0.1) is 0 Å². The zero-order valence-corrected chi connectivity index (χ0v) is 20.0. The Hall–Kier alpha value is -2.23. The van der Waals surface area contributed by atoms with Crippen molar-refractivity contribution in [2.75, 3.05) is 0 Å². The summed E-state index contributed by atoms with van der Waals surface area (Å²) in [6.45, 7) is 8.95. The molecule has 4 nitrogen and oxygen atoms in total. The van der Waals surface area contributed by atoms with E-state index in [-0.39, 0.29) is 29.1 Å². The molecule has 3 fully saturated rings. The zero-order chi connectivity index (χ0) is 23.0. The molecule has 4 rings (SSSR count). The molecule has 3 amide bonds. The molecular formula is C28H37NO3. The van der Waals surface area contributed by atoms with Crippen LogP contribution in [0.2, 0.25) is 0 Å². The van der Waals surface area contributed by atoms with E-state index in [4.69, 9.17) is 0 Å². The fraction of sp³-hybridized carbons (Fsp3) is 0.607. The van der Waals surface area contributed by atoms with Gasteiger partial charge in [0.25, 0.3) is 5.91 Å². The average molecular weight is 436 g/mol. The van der Waals surface area contributed by atoms with Crippen molar-refractivity contribution in [2.24, 2.45) is 35.0 Å². The normalized spacial score (nSPS) is 37.9. The second-order valence-corrected chi connectivity index (χ2v) is 10.5. The lowest BCUT2D eigenvalue weighted by molar-refractivity contribution is -0.148. The van der Waals surface area contributed by atoms with Crippen LogP contribution >= 0.6 is 0 Å². The van der Waals surface area contributed by atoms with Crippen molar-refractivity contribution in [3.8, 4) is 0 Å². The quantitative estimate of drug-likeness (QED) is 0.244. The van der Waals surface area contributed by atoms with Crippen molar-refractivity contribution in [3.05, 3.63) is 47.6 Å². The summed E-state index contributed by atoms with van der Waals surface area (Å²) in [6, 6.07) is 0. The van der Waals surface area contributed by atoms with Gasteiger partial charge in [0.1, 0.15) is 0 Å². The average Bonchev–Trinajstić information content (AvgIpc) is 3.34. The third-order valence-electron chi connectivity index (χ3n) is 8.70. The Labute approximate surface area is 192 Å². The van der Waals surface area contributed by atoms with Crippen LogP contribution in [0.4, 0.5) is 0 Å². The Bertz CT molecular complexity index is 901. The fourth-order valence-corrected chi connectivity index (χ4v) is 7.19. The molecule has 0 aromatic heterocycles. The number of fused-ring (bicyclic) bond motifs is 2. The first-order chi connectivity index (χ1) is 15.3. The highest BCUT2D eigenvalue weighted by Crippen LogP contribution is 2.55. The van der Waals surface area contributed by atoms with Crippen molar-refractivity contribution < 1.29 is 14.4 Å². The number of allylic oxidation sites excluding steroid dienone is 7. The summed E-state index contributed by atoms with van der Waals surface area (Å²) in [5.74, 6) is -0.104. The van der Waals surface area contributed by atoms with Gasteiger partial charge in [0.2, 0.25) is 11.8 Å². The van der Waals surface area contributed by atoms with Crippen LogP contribution in [-0.2, 0) is 14.4 Å². The van der Waals surface area contributed by atoms with Crippen molar-refractivity contribution >= 4 is 17.7 Å². The minimum Gasteiger partial charge on any atom is -0.274 e. The van der Waals surface area contributed by atoms with Gasteiger partial charge in [0.15, 0.2) is 0 Å². The molecule has 0 bridgehead atoms. The van der Waals surface area contributed by atoms with Crippen LogP contribution in [0.3, 0.4) is 0 Å². The maximum absolute atomic E-state index is 12.7. The molecule has 6 atom stereocenters. The Morgan fingerprint density at radius 3 is 2.34 bits per heavy atom. The van der Waals surface area contributed by atoms with E-state index in [2.05, 4.69) is 45.9 Å². The highest BCUT2D eigenvalue weighted by molar-refractivity contribution is 6.19. The van der Waals surface area contributed by atoms with Crippen LogP contribution < -0.4 is 0 Å². The van der Waals surface area contributed by atoms with Crippen molar-refractivity contribution in [3.63, 3.8) is 0 Å². The molecule has 0 aromatic rings. The maximum Gasteiger partial charge on any atom is 0.260 e. The number of hydrogen-bond acceptors (Lipinski definition) is 3. The van der Waals surface area contributed by atoms with E-state index in [1.54, 1.807) is 6.08 Å². The van der Waals surface area contributed by atoms with Gasteiger partial charge in [0.05, 0.1) is 11.8 Å². The molecule has 32 heavy (non-hydrogen) atoms. The van der Waals surface area contributed by atoms with Gasteiger partial charge in [-0.25, -0.2) is 4.90 Å². The van der Waals surface area contributed by atoms with Gasteiger partial charge < -0.3 is 0 Å². The minimum absolute atomic E-state index is 0.0236. The number of rotatable bonds is 4. The standard InChI is InChI=1S/C28H37NO3/c1-5-18(2)25-19(3)17-20-11-6-7-14-23(20)28(25,4)16-9-8-15-24(30)29-26(31)21-12-10-13-22(21)27(29)32/h5,8-9,15-17,20-23,25H,6-7,10-14H2,1-4H3/b15-8+,16-9+,18-5+/t20-,21?,22?,23?,25+,28-/m1/s1. The molecular weight excluding hydrogens is 398 g/mol. The fourth-order valence-electron chi connectivity index (χ4n) is 7.19. The third kappa shape index (κ3) is 3.76. The summed E-state index contributed by atoms with van der Waals surface area (Å²) in [5, 5.41) is 0. The number of hydrogen-bond donors (Lipinski definition) is 0. The molecule has 1 saturated heterocycles. The van der Waals surface area contributed by atoms with Crippen LogP contribution in [0.5, 0.6) is 0 Å². The van der Waals surface area contributed by atoms with Crippen LogP contribution in [0.1, 0.15) is 72.6 Å². The highest BCUT2D eigenvalue weighted by Gasteiger charge is 2.51. The number of nitrogens with zero attached hydrogens (tertiary/aromatic N) is 1. The van der Waals surface area contributed by atoms with Gasteiger partial charge in [-0.2, -0.15) is 0 Å². The predicted molar refractivity (Wildman–Crippen MR) is 126 cm³/mol. The monoisotopic (exact) mass is 435 g/mol. The van der Waals surface area contributed by atoms with Gasteiger partial charge in [-0.1, -0.05) is 67.7 Å². The summed E-state index contributed by atoms with van der Waals surface area (Å²) in [7, 11) is 0. The summed E-state index contributed by atoms with van der Waals surface area (Å²) in [4.78, 5) is 38.6. The molecule has 0 radical (unpaired) electrons. The van der Waals surface area contributed by atoms with E-state index in [0.29, 0.717) is 17.8 Å². The SMILES string of the molecule is C/C=C(\C)[C@H]1C(C)=C[C@H]2CCCCC2[C@@]1(C)/C=C/C=C/C(=O)N1C(=O)C2CCCC2C1=O. The van der Waals surface area contributed by atoms with Gasteiger partial charge in [0, 0.05) is 12.0 Å². The molecule has 1 aliphatic heterocycles. The van der Waals surface area contributed by atoms with E-state index in [9.17, 15) is 14.4 Å². The molecule has 172 valence electrons. The first-order valence-corrected chi connectivity index (χ1v) is 12.4. The molecule has 0 aromatic carbocycles. The van der Waals surface area contributed by atoms with E-state index in [1.165, 1.54) is 42.9 Å². The summed E-state index contributed by atoms with van der Waals surface area (Å²) in [5.41, 5.74) is 2.80. The summed E-state index contributed by atoms with van der Waals surface area (Å²) >= 11 is 0. The number of imide groups is 3. The molecule has 4 heteroatoms. The topological polar surface area (TPSA) is 54.5 Å². The Morgan fingerprint density at radius 2 is 1.69 bits per heavy atom. The second-order valence-electron chi connectivity index (χ2n) is 10.5. The number of carbonyl (C=O) groups excluding carboxylic acids is 3. The van der Waals surface area contributed by atoms with Crippen LogP contribution in [0.15, 0.2) is 47.6 Å². The molecule has 4 aliphatic rings. The third-order valence-corrected chi connectivity index (χ3v) is 8.70. The first-order valence-electron chi connectivity index (χ1n) is 12.4. The molecule has 3 unspecified atom stereocenters. The van der Waals surface area contributed by atoms with Gasteiger partial charge in [-0.05, 0) is 63.7 Å². The molecule has 1 heterocycles. The van der Waals surface area contributed by atoms with E-state index in [1.807, 2.05) is 6.08 Å². The van der Waals surface area contributed by atoms with Crippen LogP contribution in [0.25, 0.3) is 0 Å². The number of amides is 3. The lowest BCUT2D eigenvalue weighted by Crippen LogP contribution is -2.43.